The zero-order valence-corrected chi connectivity index (χ0v) is 15.5. The van der Waals surface area contributed by atoms with E-state index >= 15 is 0 Å². The molecule has 0 atom stereocenters. The first kappa shape index (κ1) is 18.4. The molecule has 2 aromatic carbocycles. The van der Waals surface area contributed by atoms with Crippen molar-refractivity contribution >= 4 is 11.6 Å². The van der Waals surface area contributed by atoms with Gasteiger partial charge in [-0.05, 0) is 12.1 Å². The van der Waals surface area contributed by atoms with Gasteiger partial charge in [-0.15, -0.1) is 0 Å². The number of nitrogens with one attached hydrogen (secondary N) is 3. The van der Waals surface area contributed by atoms with E-state index in [4.69, 9.17) is 4.74 Å². The summed E-state index contributed by atoms with van der Waals surface area (Å²) in [6.45, 7) is 6.60. The highest BCUT2D eigenvalue weighted by Crippen LogP contribution is 2.16. The van der Waals surface area contributed by atoms with Crippen molar-refractivity contribution in [1.82, 2.24) is 0 Å². The lowest BCUT2D eigenvalue weighted by Crippen LogP contribution is -3.27. The van der Waals surface area contributed by atoms with Gasteiger partial charge in [-0.25, -0.2) is 0 Å². The van der Waals surface area contributed by atoms with Crippen LogP contribution in [0.2, 0.25) is 0 Å². The van der Waals surface area contributed by atoms with Gasteiger partial charge in [0.15, 0.2) is 0 Å². The van der Waals surface area contributed by atoms with E-state index in [1.165, 1.54) is 23.6 Å². The lowest BCUT2D eigenvalue weighted by molar-refractivity contribution is -1.02. The van der Waals surface area contributed by atoms with Gasteiger partial charge in [-0.3, -0.25) is 4.79 Å². The third-order valence-electron chi connectivity index (χ3n) is 5.02. The second-order valence-corrected chi connectivity index (χ2v) is 6.94. The molecule has 0 aliphatic carbocycles. The highest BCUT2D eigenvalue weighted by molar-refractivity contribution is 5.90. The van der Waals surface area contributed by atoms with E-state index in [0.717, 1.165) is 37.6 Å². The number of hydrogen-bond donors (Lipinski definition) is 3. The summed E-state index contributed by atoms with van der Waals surface area (Å²) in [5.41, 5.74) is 2.20. The zero-order valence-electron chi connectivity index (χ0n) is 15.5. The fourth-order valence-electron chi connectivity index (χ4n) is 3.48. The number of carbonyl (C=O) groups excluding carboxylic acids is 1. The van der Waals surface area contributed by atoms with Crippen molar-refractivity contribution in [3.8, 4) is 5.75 Å². The van der Waals surface area contributed by atoms with E-state index in [1.54, 1.807) is 12.0 Å². The largest absolute Gasteiger partial charge is 0.497 e. The van der Waals surface area contributed by atoms with Crippen LogP contribution in [0.5, 0.6) is 5.75 Å². The number of hydrogen-bond acceptors (Lipinski definition) is 2. The van der Waals surface area contributed by atoms with Gasteiger partial charge in [0.05, 0.1) is 20.1 Å². The molecular formula is C21H29N3O2+2. The van der Waals surface area contributed by atoms with Crippen LogP contribution in [-0.2, 0) is 11.3 Å². The monoisotopic (exact) mass is 355 g/mol. The maximum Gasteiger partial charge on any atom is 0.230 e. The Labute approximate surface area is 155 Å². The van der Waals surface area contributed by atoms with Gasteiger partial charge in [0, 0.05) is 17.3 Å². The van der Waals surface area contributed by atoms with Crippen molar-refractivity contribution in [3.05, 3.63) is 60.2 Å². The van der Waals surface area contributed by atoms with Crippen LogP contribution >= 0.6 is 0 Å². The number of rotatable bonds is 7. The number of amides is 1. The summed E-state index contributed by atoms with van der Waals surface area (Å²) in [5.74, 6) is 0.829. The molecule has 0 radical (unpaired) electrons. The van der Waals surface area contributed by atoms with Crippen LogP contribution < -0.4 is 19.9 Å². The second-order valence-electron chi connectivity index (χ2n) is 6.94. The molecule has 1 heterocycles. The Bertz CT molecular complexity index is 697. The fourth-order valence-corrected chi connectivity index (χ4v) is 3.48. The summed E-state index contributed by atoms with van der Waals surface area (Å²) in [6.07, 6.45) is 0.556. The normalized spacial score (nSPS) is 19.7. The quantitative estimate of drug-likeness (QED) is 0.655. The average Bonchev–Trinajstić information content (AvgIpc) is 2.68. The molecule has 3 rings (SSSR count). The van der Waals surface area contributed by atoms with Crippen molar-refractivity contribution in [2.24, 2.45) is 0 Å². The van der Waals surface area contributed by atoms with Crippen molar-refractivity contribution in [3.63, 3.8) is 0 Å². The van der Waals surface area contributed by atoms with Gasteiger partial charge < -0.3 is 19.9 Å². The van der Waals surface area contributed by atoms with E-state index in [1.807, 2.05) is 24.3 Å². The number of anilines is 1. The minimum absolute atomic E-state index is 0.0739. The first-order valence-corrected chi connectivity index (χ1v) is 9.38. The molecule has 1 aliphatic rings. The standard InChI is InChI=1S/C21H27N3O2/c1-26-20-9-5-8-19(16-20)22-21(25)10-11-23-12-14-24(15-13-23)17-18-6-3-2-4-7-18/h2-9,16H,10-15,17H2,1H3,(H,22,25)/p+2. The molecule has 0 unspecified atom stereocenters. The molecule has 1 aliphatic heterocycles. The third kappa shape index (κ3) is 5.58. The Balaban J connectivity index is 1.37. The van der Waals surface area contributed by atoms with Gasteiger partial charge >= 0.3 is 0 Å². The molecular weight excluding hydrogens is 326 g/mol. The van der Waals surface area contributed by atoms with Gasteiger partial charge in [-0.2, -0.15) is 0 Å². The Morgan fingerprint density at radius 1 is 1.00 bits per heavy atom. The van der Waals surface area contributed by atoms with Crippen LogP contribution in [0.25, 0.3) is 0 Å². The van der Waals surface area contributed by atoms with Crippen LogP contribution in [0.1, 0.15) is 12.0 Å². The van der Waals surface area contributed by atoms with Crippen molar-refractivity contribution in [2.75, 3.05) is 45.2 Å². The lowest BCUT2D eigenvalue weighted by Gasteiger charge is -2.29. The molecule has 1 amide bonds. The third-order valence-corrected chi connectivity index (χ3v) is 5.02. The predicted octanol–water partition coefficient (Wildman–Crippen LogP) is 0.00740. The molecule has 1 fully saturated rings. The highest BCUT2D eigenvalue weighted by Gasteiger charge is 2.23. The number of methoxy groups -OCH3 is 1. The van der Waals surface area contributed by atoms with Gasteiger partial charge in [0.1, 0.15) is 38.5 Å². The smallest absolute Gasteiger partial charge is 0.230 e. The molecule has 3 N–H and O–H groups in total. The molecule has 2 aromatic rings. The number of benzene rings is 2. The van der Waals surface area contributed by atoms with Crippen LogP contribution in [0.4, 0.5) is 5.69 Å². The molecule has 0 saturated carbocycles. The van der Waals surface area contributed by atoms with Crippen LogP contribution in [-0.4, -0.2) is 45.7 Å². The maximum atomic E-state index is 12.2. The Morgan fingerprint density at radius 2 is 1.73 bits per heavy atom. The van der Waals surface area contributed by atoms with Gasteiger partial charge in [-0.1, -0.05) is 36.4 Å². The Hall–Kier alpha value is -2.37. The van der Waals surface area contributed by atoms with Crippen molar-refractivity contribution in [2.45, 2.75) is 13.0 Å². The number of quaternary nitrogens is 2. The van der Waals surface area contributed by atoms with Crippen LogP contribution in [0.3, 0.4) is 0 Å². The maximum absolute atomic E-state index is 12.2. The van der Waals surface area contributed by atoms with Crippen molar-refractivity contribution < 1.29 is 19.3 Å². The van der Waals surface area contributed by atoms with E-state index in [9.17, 15) is 4.79 Å². The summed E-state index contributed by atoms with van der Waals surface area (Å²) in [4.78, 5) is 15.4. The number of piperazine rings is 1. The zero-order chi connectivity index (χ0) is 18.2. The number of carbonyl (C=O) groups is 1. The predicted molar refractivity (Wildman–Crippen MR) is 103 cm³/mol. The minimum atomic E-state index is 0.0739. The van der Waals surface area contributed by atoms with Crippen molar-refractivity contribution in [1.29, 1.82) is 0 Å². The molecule has 1 saturated heterocycles. The van der Waals surface area contributed by atoms with Crippen LogP contribution in [0.15, 0.2) is 54.6 Å². The summed E-state index contributed by atoms with van der Waals surface area (Å²) >= 11 is 0. The van der Waals surface area contributed by atoms with Gasteiger partial charge in [0.2, 0.25) is 5.91 Å². The average molecular weight is 355 g/mol. The second kappa shape index (κ2) is 9.36. The first-order chi connectivity index (χ1) is 12.7. The first-order valence-electron chi connectivity index (χ1n) is 9.38. The summed E-state index contributed by atoms with van der Waals surface area (Å²) in [6, 6.07) is 18.2. The van der Waals surface area contributed by atoms with Crippen LogP contribution in [0, 0.1) is 0 Å². The minimum Gasteiger partial charge on any atom is -0.497 e. The lowest BCUT2D eigenvalue weighted by atomic mass is 10.2. The number of ether oxygens (including phenoxy) is 1. The molecule has 0 aromatic heterocycles. The highest BCUT2D eigenvalue weighted by atomic mass is 16.5. The summed E-state index contributed by atoms with van der Waals surface area (Å²) < 4.78 is 5.19. The SMILES string of the molecule is COc1cccc(NC(=O)CC[NH+]2CC[NH+](Cc3ccccc3)CC2)c1. The fraction of sp³-hybridized carbons (Fsp3) is 0.381. The molecule has 0 bridgehead atoms. The Kier molecular flexibility index (Phi) is 6.63. The molecule has 5 nitrogen and oxygen atoms in total. The van der Waals surface area contributed by atoms with E-state index in [2.05, 4.69) is 35.6 Å². The summed E-state index contributed by atoms with van der Waals surface area (Å²) in [7, 11) is 1.63. The summed E-state index contributed by atoms with van der Waals surface area (Å²) in [5, 5.41) is 2.96. The Morgan fingerprint density at radius 3 is 2.46 bits per heavy atom. The van der Waals surface area contributed by atoms with Gasteiger partial charge in [0.25, 0.3) is 0 Å². The van der Waals surface area contributed by atoms with E-state index < -0.39 is 0 Å². The topological polar surface area (TPSA) is 47.2 Å². The molecule has 26 heavy (non-hydrogen) atoms. The van der Waals surface area contributed by atoms with E-state index in [0.29, 0.717) is 6.42 Å². The molecule has 0 spiro atoms. The molecule has 138 valence electrons. The molecule has 5 heteroatoms. The van der Waals surface area contributed by atoms with E-state index in [-0.39, 0.29) is 5.91 Å².